The second-order valence-corrected chi connectivity index (χ2v) is 6.44. The molecule has 158 valence electrons. The van der Waals surface area contributed by atoms with E-state index in [0.29, 0.717) is 17.3 Å². The van der Waals surface area contributed by atoms with Crippen LogP contribution in [0.5, 0.6) is 0 Å². The number of benzene rings is 2. The van der Waals surface area contributed by atoms with Crippen molar-refractivity contribution in [1.82, 2.24) is 5.32 Å². The summed E-state index contributed by atoms with van der Waals surface area (Å²) in [5.74, 6) is -5.67. The number of carbonyl (C=O) groups is 3. The molecule has 8 nitrogen and oxygen atoms in total. The molecule has 30 heavy (non-hydrogen) atoms. The van der Waals surface area contributed by atoms with E-state index in [9.17, 15) is 28.3 Å². The van der Waals surface area contributed by atoms with Crippen molar-refractivity contribution < 1.29 is 28.3 Å². The molecule has 0 aliphatic carbocycles. The summed E-state index contributed by atoms with van der Waals surface area (Å²) < 4.78 is 26.6. The molecule has 2 rings (SSSR count). The van der Waals surface area contributed by atoms with Gasteiger partial charge in [0.05, 0.1) is 5.92 Å². The van der Waals surface area contributed by atoms with Crippen LogP contribution >= 0.6 is 0 Å². The summed E-state index contributed by atoms with van der Waals surface area (Å²) in [6.07, 6.45) is -0.367. The molecule has 2 amide bonds. The fourth-order valence-corrected chi connectivity index (χ4v) is 2.61. The highest BCUT2D eigenvalue weighted by Gasteiger charge is 2.22. The maximum absolute atomic E-state index is 13.3. The van der Waals surface area contributed by atoms with Crippen LogP contribution in [0.2, 0.25) is 0 Å². The lowest BCUT2D eigenvalue weighted by molar-refractivity contribution is -0.138. The monoisotopic (exact) mass is 418 g/mol. The van der Waals surface area contributed by atoms with Gasteiger partial charge in [0.1, 0.15) is 17.5 Å². The first-order chi connectivity index (χ1) is 14.2. The highest BCUT2D eigenvalue weighted by Crippen LogP contribution is 2.18. The maximum Gasteiger partial charge on any atom is 0.312 e. The molecular weight excluding hydrogens is 398 g/mol. The van der Waals surface area contributed by atoms with Gasteiger partial charge in [0.15, 0.2) is 0 Å². The summed E-state index contributed by atoms with van der Waals surface area (Å²) in [4.78, 5) is 35.3. The number of halogens is 2. The third-order valence-corrected chi connectivity index (χ3v) is 4.15. The highest BCUT2D eigenvalue weighted by molar-refractivity contribution is 5.96. The van der Waals surface area contributed by atoms with Gasteiger partial charge in [0.2, 0.25) is 11.8 Å². The van der Waals surface area contributed by atoms with E-state index < -0.39 is 35.3 Å². The Morgan fingerprint density at radius 2 is 1.57 bits per heavy atom. The third kappa shape index (κ3) is 6.66. The standard InChI is InChI=1S/C20H20F2N4O4/c21-13-7-12(8-14(22)9-13)16(20(29)30)10-25-17(27)5-6-18(28)26-15-3-1-11(2-4-15)19(23)24/h1-4,7-9,16H,5-6,10H2,(H3,23,24)(H,25,27)(H,26,28)(H,29,30). The molecule has 0 saturated carbocycles. The van der Waals surface area contributed by atoms with Gasteiger partial charge in [-0.25, -0.2) is 8.78 Å². The number of hydrogen-bond donors (Lipinski definition) is 5. The van der Waals surface area contributed by atoms with E-state index in [-0.39, 0.29) is 30.8 Å². The van der Waals surface area contributed by atoms with Crippen LogP contribution in [-0.2, 0) is 14.4 Å². The number of carboxylic acids is 1. The Morgan fingerprint density at radius 1 is 1.00 bits per heavy atom. The van der Waals surface area contributed by atoms with Gasteiger partial charge in [-0.15, -0.1) is 0 Å². The maximum atomic E-state index is 13.3. The summed E-state index contributed by atoms with van der Waals surface area (Å²) in [7, 11) is 0. The second kappa shape index (κ2) is 10.1. The van der Waals surface area contributed by atoms with Gasteiger partial charge in [-0.1, -0.05) is 0 Å². The van der Waals surface area contributed by atoms with Crippen LogP contribution in [0.15, 0.2) is 42.5 Å². The summed E-state index contributed by atoms with van der Waals surface area (Å²) in [6.45, 7) is -0.384. The minimum Gasteiger partial charge on any atom is -0.481 e. The molecule has 0 radical (unpaired) electrons. The lowest BCUT2D eigenvalue weighted by Crippen LogP contribution is -2.32. The first-order valence-electron chi connectivity index (χ1n) is 8.85. The van der Waals surface area contributed by atoms with Crippen LogP contribution in [0.1, 0.15) is 29.9 Å². The molecule has 0 aliphatic heterocycles. The van der Waals surface area contributed by atoms with Crippen molar-refractivity contribution in [2.24, 2.45) is 5.73 Å². The van der Waals surface area contributed by atoms with E-state index in [0.717, 1.165) is 12.1 Å². The van der Waals surface area contributed by atoms with E-state index in [1.807, 2.05) is 0 Å². The van der Waals surface area contributed by atoms with E-state index in [2.05, 4.69) is 10.6 Å². The third-order valence-electron chi connectivity index (χ3n) is 4.15. The number of nitrogens with one attached hydrogen (secondary N) is 3. The van der Waals surface area contributed by atoms with Crippen LogP contribution in [0.4, 0.5) is 14.5 Å². The number of amidine groups is 1. The zero-order chi connectivity index (χ0) is 22.3. The van der Waals surface area contributed by atoms with Gasteiger partial charge in [-0.2, -0.15) is 0 Å². The SMILES string of the molecule is N=C(N)c1ccc(NC(=O)CCC(=O)NCC(C(=O)O)c2cc(F)cc(F)c2)cc1. The normalized spacial score (nSPS) is 11.4. The Kier molecular flexibility index (Phi) is 7.56. The van der Waals surface area contributed by atoms with Crippen molar-refractivity contribution in [3.05, 3.63) is 65.2 Å². The zero-order valence-electron chi connectivity index (χ0n) is 15.7. The number of carbonyl (C=O) groups excluding carboxylic acids is 2. The van der Waals surface area contributed by atoms with E-state index in [4.69, 9.17) is 11.1 Å². The fourth-order valence-electron chi connectivity index (χ4n) is 2.61. The molecule has 0 fully saturated rings. The van der Waals surface area contributed by atoms with Crippen LogP contribution in [0, 0.1) is 17.0 Å². The summed E-state index contributed by atoms with van der Waals surface area (Å²) in [5.41, 5.74) is 6.19. The molecule has 2 aromatic rings. The molecule has 2 aromatic carbocycles. The molecule has 1 unspecified atom stereocenters. The van der Waals surface area contributed by atoms with Crippen molar-refractivity contribution >= 4 is 29.3 Å². The van der Waals surface area contributed by atoms with Crippen molar-refractivity contribution in [2.45, 2.75) is 18.8 Å². The second-order valence-electron chi connectivity index (χ2n) is 6.44. The minimum atomic E-state index is -1.35. The molecule has 10 heteroatoms. The average molecular weight is 418 g/mol. The van der Waals surface area contributed by atoms with Crippen LogP contribution < -0.4 is 16.4 Å². The number of anilines is 1. The average Bonchev–Trinajstić information content (AvgIpc) is 2.66. The van der Waals surface area contributed by atoms with Crippen molar-refractivity contribution in [1.29, 1.82) is 5.41 Å². The Hall–Kier alpha value is -3.82. The smallest absolute Gasteiger partial charge is 0.312 e. The lowest BCUT2D eigenvalue weighted by atomic mass is 9.99. The molecule has 0 spiro atoms. The van der Waals surface area contributed by atoms with Crippen LogP contribution in [0.3, 0.4) is 0 Å². The first kappa shape index (κ1) is 22.5. The predicted molar refractivity (Wildman–Crippen MR) is 105 cm³/mol. The lowest BCUT2D eigenvalue weighted by Gasteiger charge is -2.14. The summed E-state index contributed by atoms with van der Waals surface area (Å²) in [5, 5.41) is 21.5. The van der Waals surface area contributed by atoms with Gasteiger partial charge >= 0.3 is 5.97 Å². The number of aliphatic carboxylic acids is 1. The number of nitrogen functional groups attached to an aromatic ring is 1. The zero-order valence-corrected chi connectivity index (χ0v) is 15.7. The Morgan fingerprint density at radius 3 is 2.10 bits per heavy atom. The fraction of sp³-hybridized carbons (Fsp3) is 0.200. The topological polar surface area (TPSA) is 145 Å². The Balaban J connectivity index is 1.84. The number of nitrogens with two attached hydrogens (primary N) is 1. The predicted octanol–water partition coefficient (Wildman–Crippen LogP) is 1.95. The molecule has 0 aliphatic rings. The Labute approximate surface area is 170 Å². The largest absolute Gasteiger partial charge is 0.481 e. The van der Waals surface area contributed by atoms with Gasteiger partial charge in [-0.3, -0.25) is 19.8 Å². The molecule has 0 bridgehead atoms. The molecule has 0 saturated heterocycles. The van der Waals surface area contributed by atoms with Crippen molar-refractivity contribution in [3.63, 3.8) is 0 Å². The van der Waals surface area contributed by atoms with Gasteiger partial charge in [0.25, 0.3) is 0 Å². The minimum absolute atomic E-state index is 0.106. The number of hydrogen-bond acceptors (Lipinski definition) is 4. The Bertz CT molecular complexity index is 944. The molecular formula is C20H20F2N4O4. The molecule has 6 N–H and O–H groups in total. The number of rotatable bonds is 9. The molecule has 0 heterocycles. The van der Waals surface area contributed by atoms with Crippen LogP contribution in [-0.4, -0.2) is 35.3 Å². The van der Waals surface area contributed by atoms with Gasteiger partial charge < -0.3 is 21.5 Å². The summed E-state index contributed by atoms with van der Waals surface area (Å²) in [6, 6.07) is 8.64. The summed E-state index contributed by atoms with van der Waals surface area (Å²) >= 11 is 0. The number of amides is 2. The number of carboxylic acid groups (broad SMARTS) is 1. The van der Waals surface area contributed by atoms with E-state index in [1.54, 1.807) is 24.3 Å². The molecule has 1 atom stereocenters. The van der Waals surface area contributed by atoms with E-state index >= 15 is 0 Å². The van der Waals surface area contributed by atoms with E-state index in [1.165, 1.54) is 0 Å². The van der Waals surface area contributed by atoms with Crippen molar-refractivity contribution in [3.8, 4) is 0 Å². The molecule has 0 aromatic heterocycles. The quantitative estimate of drug-likeness (QED) is 0.312. The highest BCUT2D eigenvalue weighted by atomic mass is 19.1. The van der Waals surface area contributed by atoms with Gasteiger partial charge in [0, 0.05) is 36.7 Å². The van der Waals surface area contributed by atoms with Crippen molar-refractivity contribution in [2.75, 3.05) is 11.9 Å². The van der Waals surface area contributed by atoms with Gasteiger partial charge in [-0.05, 0) is 42.0 Å². The van der Waals surface area contributed by atoms with Crippen LogP contribution in [0.25, 0.3) is 0 Å². The first-order valence-corrected chi connectivity index (χ1v) is 8.85.